The Kier molecular flexibility index (Phi) is 7.09. The average molecular weight is 498 g/mol. The first-order valence-electron chi connectivity index (χ1n) is 8.47. The van der Waals surface area contributed by atoms with Crippen molar-refractivity contribution in [1.82, 2.24) is 0 Å². The maximum atomic E-state index is 13.7. The zero-order valence-electron chi connectivity index (χ0n) is 14.2. The zero-order chi connectivity index (χ0) is 19.6. The molecule has 150 valence electrons. The lowest BCUT2D eigenvalue weighted by Crippen LogP contribution is -2.61. The highest BCUT2D eigenvalue weighted by molar-refractivity contribution is 14.1. The number of allylic oxidation sites excluding steroid dienone is 2. The van der Waals surface area contributed by atoms with Gasteiger partial charge in [0, 0.05) is 3.92 Å². The topological polar surface area (TPSA) is 18.5 Å². The van der Waals surface area contributed by atoms with Gasteiger partial charge in [0.15, 0.2) is 6.29 Å². The van der Waals surface area contributed by atoms with E-state index >= 15 is 0 Å². The second-order valence-electron chi connectivity index (χ2n) is 6.53. The second-order valence-corrected chi connectivity index (χ2v) is 8.13. The van der Waals surface area contributed by atoms with Gasteiger partial charge in [-0.1, -0.05) is 60.1 Å². The Labute approximate surface area is 162 Å². The highest BCUT2D eigenvalue weighted by Gasteiger charge is 2.74. The average Bonchev–Trinajstić information content (AvgIpc) is 2.52. The molecular formula is C17H21F6IO2. The predicted molar refractivity (Wildman–Crippen MR) is 93.0 cm³/mol. The molecule has 2 aliphatic carbocycles. The summed E-state index contributed by atoms with van der Waals surface area (Å²) < 4.78 is 92.2. The van der Waals surface area contributed by atoms with Crippen molar-refractivity contribution in [3.8, 4) is 0 Å². The Morgan fingerprint density at radius 3 is 2.08 bits per heavy atom. The Balaban J connectivity index is 2.32. The van der Waals surface area contributed by atoms with Gasteiger partial charge in [0.25, 0.3) is 5.60 Å². The van der Waals surface area contributed by atoms with Crippen molar-refractivity contribution in [2.24, 2.45) is 0 Å². The summed E-state index contributed by atoms with van der Waals surface area (Å²) >= 11 is 1.94. The van der Waals surface area contributed by atoms with Gasteiger partial charge in [-0.3, -0.25) is 0 Å². The summed E-state index contributed by atoms with van der Waals surface area (Å²) in [7, 11) is 0. The summed E-state index contributed by atoms with van der Waals surface area (Å²) in [6.07, 6.45) is -6.30. The summed E-state index contributed by atoms with van der Waals surface area (Å²) in [6.45, 7) is 1.09. The van der Waals surface area contributed by atoms with Crippen molar-refractivity contribution in [2.75, 3.05) is 0 Å². The molecule has 0 heterocycles. The van der Waals surface area contributed by atoms with Crippen LogP contribution in [0.1, 0.15) is 45.4 Å². The number of alkyl halides is 7. The minimum Gasteiger partial charge on any atom is -0.350 e. The number of hydrogen-bond donors (Lipinski definition) is 0. The van der Waals surface area contributed by atoms with Crippen molar-refractivity contribution < 1.29 is 35.8 Å². The van der Waals surface area contributed by atoms with E-state index in [1.807, 2.05) is 22.6 Å². The highest BCUT2D eigenvalue weighted by Crippen LogP contribution is 2.52. The van der Waals surface area contributed by atoms with Crippen LogP contribution in [0, 0.1) is 0 Å². The monoisotopic (exact) mass is 498 g/mol. The Morgan fingerprint density at radius 1 is 1.04 bits per heavy atom. The third kappa shape index (κ3) is 4.76. The number of hydrogen-bond acceptors (Lipinski definition) is 2. The Morgan fingerprint density at radius 2 is 1.62 bits per heavy atom. The third-order valence-corrected chi connectivity index (χ3v) is 5.46. The molecule has 26 heavy (non-hydrogen) atoms. The summed E-state index contributed by atoms with van der Waals surface area (Å²) in [5, 5.41) is 0. The van der Waals surface area contributed by atoms with Crippen molar-refractivity contribution in [2.45, 2.75) is 79.7 Å². The summed E-state index contributed by atoms with van der Waals surface area (Å²) in [6, 6.07) is 0. The minimum absolute atomic E-state index is 0.0710. The Hall–Kier alpha value is -0.290. The van der Waals surface area contributed by atoms with Gasteiger partial charge in [-0.25, -0.2) is 0 Å². The standard InChI is InChI=1S/C17H21F6IO2/c1-11(25-14-5-3-2-4-6-14)26-15(16(18,19)20,17(21,22)23)12-7-9-13(24)10-8-12/h7-9,11,13-14H,2-6,10H2,1H3. The summed E-state index contributed by atoms with van der Waals surface area (Å²) in [4.78, 5) is 0. The van der Waals surface area contributed by atoms with Gasteiger partial charge in [-0.05, 0) is 31.8 Å². The normalized spacial score (nSPS) is 24.5. The van der Waals surface area contributed by atoms with Gasteiger partial charge in [-0.2, -0.15) is 26.3 Å². The third-order valence-electron chi connectivity index (χ3n) is 4.53. The van der Waals surface area contributed by atoms with E-state index in [-0.39, 0.29) is 16.4 Å². The van der Waals surface area contributed by atoms with E-state index in [0.29, 0.717) is 12.8 Å². The predicted octanol–water partition coefficient (Wildman–Crippen LogP) is 6.25. The highest BCUT2D eigenvalue weighted by atomic mass is 127. The van der Waals surface area contributed by atoms with Gasteiger partial charge in [0.1, 0.15) is 0 Å². The molecule has 0 aromatic rings. The van der Waals surface area contributed by atoms with Crippen LogP contribution in [0.5, 0.6) is 0 Å². The molecule has 0 N–H and O–H groups in total. The van der Waals surface area contributed by atoms with E-state index in [1.165, 1.54) is 6.08 Å². The lowest BCUT2D eigenvalue weighted by molar-refractivity contribution is -0.394. The molecule has 2 rings (SSSR count). The molecule has 0 aromatic heterocycles. The first-order chi connectivity index (χ1) is 12.0. The number of halogens is 7. The van der Waals surface area contributed by atoms with Crippen LogP contribution in [0.25, 0.3) is 0 Å². The minimum atomic E-state index is -5.68. The van der Waals surface area contributed by atoms with Crippen molar-refractivity contribution in [3.63, 3.8) is 0 Å². The molecule has 2 nitrogen and oxygen atoms in total. The van der Waals surface area contributed by atoms with Crippen molar-refractivity contribution >= 4 is 22.6 Å². The molecular weight excluding hydrogens is 477 g/mol. The lowest BCUT2D eigenvalue weighted by atomic mass is 9.87. The van der Waals surface area contributed by atoms with Crippen LogP contribution >= 0.6 is 22.6 Å². The van der Waals surface area contributed by atoms with Crippen molar-refractivity contribution in [3.05, 3.63) is 23.8 Å². The van der Waals surface area contributed by atoms with E-state index in [4.69, 9.17) is 4.74 Å². The second kappa shape index (κ2) is 8.38. The van der Waals surface area contributed by atoms with Gasteiger partial charge in [0.2, 0.25) is 0 Å². The maximum Gasteiger partial charge on any atom is 0.430 e. The maximum absolute atomic E-state index is 13.7. The fraction of sp³-hybridized carbons (Fsp3) is 0.765. The van der Waals surface area contributed by atoms with Crippen LogP contribution in [-0.4, -0.2) is 34.3 Å². The van der Waals surface area contributed by atoms with Crippen molar-refractivity contribution in [1.29, 1.82) is 0 Å². The molecule has 0 saturated heterocycles. The first kappa shape index (κ1) is 22.0. The smallest absolute Gasteiger partial charge is 0.350 e. The molecule has 1 saturated carbocycles. The van der Waals surface area contributed by atoms with Gasteiger partial charge in [0.05, 0.1) is 6.10 Å². The summed E-state index contributed by atoms with van der Waals surface area (Å²) in [5.74, 6) is 0. The molecule has 0 amide bonds. The fourth-order valence-corrected chi connectivity index (χ4v) is 3.76. The molecule has 2 atom stereocenters. The largest absolute Gasteiger partial charge is 0.430 e. The molecule has 0 aromatic carbocycles. The number of ether oxygens (including phenoxy) is 2. The molecule has 2 aliphatic rings. The van der Waals surface area contributed by atoms with E-state index in [2.05, 4.69) is 4.74 Å². The molecule has 0 spiro atoms. The first-order valence-corrected chi connectivity index (χ1v) is 9.71. The van der Waals surface area contributed by atoms with Crippen LogP contribution in [0.4, 0.5) is 26.3 Å². The zero-order valence-corrected chi connectivity index (χ0v) is 16.3. The van der Waals surface area contributed by atoms with E-state index in [0.717, 1.165) is 38.3 Å². The molecule has 0 radical (unpaired) electrons. The van der Waals surface area contributed by atoms with Crippen LogP contribution in [0.15, 0.2) is 23.8 Å². The molecule has 9 heteroatoms. The van der Waals surface area contributed by atoms with Gasteiger partial charge >= 0.3 is 12.4 Å². The number of rotatable bonds is 5. The van der Waals surface area contributed by atoms with E-state index in [9.17, 15) is 26.3 Å². The van der Waals surface area contributed by atoms with Gasteiger partial charge in [-0.15, -0.1) is 0 Å². The van der Waals surface area contributed by atoms with Crippen LogP contribution < -0.4 is 0 Å². The van der Waals surface area contributed by atoms with Gasteiger partial charge < -0.3 is 9.47 Å². The lowest BCUT2D eigenvalue weighted by Gasteiger charge is -2.41. The fourth-order valence-electron chi connectivity index (χ4n) is 3.29. The molecule has 2 unspecified atom stereocenters. The van der Waals surface area contributed by atoms with Crippen LogP contribution in [0.2, 0.25) is 0 Å². The Bertz CT molecular complexity index is 520. The van der Waals surface area contributed by atoms with E-state index in [1.54, 1.807) is 0 Å². The molecule has 0 bridgehead atoms. The van der Waals surface area contributed by atoms with Crippen LogP contribution in [-0.2, 0) is 9.47 Å². The molecule has 0 aliphatic heterocycles. The quantitative estimate of drug-likeness (QED) is 0.193. The van der Waals surface area contributed by atoms with E-state index < -0.39 is 29.8 Å². The SMILES string of the molecule is CC(OC1CCCCC1)OC(C1=CCC(I)C=C1)(C(F)(F)F)C(F)(F)F. The van der Waals surface area contributed by atoms with Crippen LogP contribution in [0.3, 0.4) is 0 Å². The molecule has 1 fully saturated rings. The summed E-state index contributed by atoms with van der Waals surface area (Å²) in [5.41, 5.74) is -5.34.